The summed E-state index contributed by atoms with van der Waals surface area (Å²) < 4.78 is 19.6. The van der Waals surface area contributed by atoms with E-state index in [1.54, 1.807) is 7.05 Å². The Labute approximate surface area is 103 Å². The van der Waals surface area contributed by atoms with Crippen LogP contribution in [0, 0.1) is 5.82 Å². The molecule has 0 aliphatic rings. The monoisotopic (exact) mass is 249 g/mol. The van der Waals surface area contributed by atoms with E-state index in [0.717, 1.165) is 6.07 Å². The Hall–Kier alpha value is -2.37. The molecule has 0 fully saturated rings. The zero-order valence-electron chi connectivity index (χ0n) is 9.98. The Morgan fingerprint density at radius 3 is 2.89 bits per heavy atom. The maximum atomic E-state index is 13.2. The van der Waals surface area contributed by atoms with E-state index < -0.39 is 11.6 Å². The minimum Gasteiger partial charge on any atom is -0.493 e. The SMILES string of the molecule is COc1cnn(C)c1C(=O)c1cc(F)ccc1N. The van der Waals surface area contributed by atoms with Crippen LogP contribution in [0.3, 0.4) is 0 Å². The molecule has 1 aromatic heterocycles. The second kappa shape index (κ2) is 4.48. The smallest absolute Gasteiger partial charge is 0.217 e. The van der Waals surface area contributed by atoms with Crippen molar-refractivity contribution in [2.75, 3.05) is 12.8 Å². The Bertz CT molecular complexity index is 607. The van der Waals surface area contributed by atoms with Crippen molar-refractivity contribution in [2.45, 2.75) is 0 Å². The summed E-state index contributed by atoms with van der Waals surface area (Å²) >= 11 is 0. The van der Waals surface area contributed by atoms with Crippen molar-refractivity contribution in [3.63, 3.8) is 0 Å². The van der Waals surface area contributed by atoms with Gasteiger partial charge in [0.25, 0.3) is 0 Å². The van der Waals surface area contributed by atoms with E-state index in [-0.39, 0.29) is 16.9 Å². The van der Waals surface area contributed by atoms with Crippen molar-refractivity contribution in [3.05, 3.63) is 41.5 Å². The number of carbonyl (C=O) groups excluding carboxylic acids is 1. The molecule has 18 heavy (non-hydrogen) atoms. The highest BCUT2D eigenvalue weighted by molar-refractivity contribution is 6.12. The molecule has 0 amide bonds. The molecular formula is C12H12FN3O2. The lowest BCUT2D eigenvalue weighted by Crippen LogP contribution is -2.12. The molecule has 1 aromatic carbocycles. The number of anilines is 1. The third kappa shape index (κ3) is 1.92. The number of carbonyl (C=O) groups is 1. The Morgan fingerprint density at radius 2 is 2.22 bits per heavy atom. The summed E-state index contributed by atoms with van der Waals surface area (Å²) in [6, 6.07) is 3.65. The molecule has 94 valence electrons. The highest BCUT2D eigenvalue weighted by Crippen LogP contribution is 2.23. The van der Waals surface area contributed by atoms with Crippen molar-refractivity contribution < 1.29 is 13.9 Å². The quantitative estimate of drug-likeness (QED) is 0.659. The van der Waals surface area contributed by atoms with Crippen LogP contribution in [0.15, 0.2) is 24.4 Å². The number of aromatic nitrogens is 2. The minimum absolute atomic E-state index is 0.0944. The molecule has 0 unspecified atom stereocenters. The molecule has 0 bridgehead atoms. The maximum absolute atomic E-state index is 13.2. The van der Waals surface area contributed by atoms with E-state index in [2.05, 4.69) is 5.10 Å². The van der Waals surface area contributed by atoms with Gasteiger partial charge in [-0.05, 0) is 18.2 Å². The number of halogens is 1. The molecule has 0 radical (unpaired) electrons. The van der Waals surface area contributed by atoms with Crippen LogP contribution in [-0.2, 0) is 7.05 Å². The second-order valence-corrected chi connectivity index (χ2v) is 3.75. The van der Waals surface area contributed by atoms with E-state index in [0.29, 0.717) is 5.75 Å². The Morgan fingerprint density at radius 1 is 1.50 bits per heavy atom. The number of benzene rings is 1. The van der Waals surface area contributed by atoms with E-state index in [1.807, 2.05) is 0 Å². The fourth-order valence-electron chi connectivity index (χ4n) is 1.68. The predicted molar refractivity (Wildman–Crippen MR) is 64.0 cm³/mol. The van der Waals surface area contributed by atoms with Gasteiger partial charge in [-0.1, -0.05) is 0 Å². The summed E-state index contributed by atoms with van der Waals surface area (Å²) in [5.41, 5.74) is 6.22. The van der Waals surface area contributed by atoms with Crippen molar-refractivity contribution in [2.24, 2.45) is 7.05 Å². The molecule has 2 rings (SSSR count). The van der Waals surface area contributed by atoms with E-state index in [4.69, 9.17) is 10.5 Å². The molecule has 0 aliphatic heterocycles. The zero-order chi connectivity index (χ0) is 13.3. The van der Waals surface area contributed by atoms with Crippen LogP contribution in [0.1, 0.15) is 16.1 Å². The summed E-state index contributed by atoms with van der Waals surface area (Å²) in [5.74, 6) is -0.622. The predicted octanol–water partition coefficient (Wildman–Crippen LogP) is 1.38. The number of hydrogen-bond acceptors (Lipinski definition) is 4. The van der Waals surface area contributed by atoms with Gasteiger partial charge in [0, 0.05) is 12.7 Å². The number of rotatable bonds is 3. The molecular weight excluding hydrogens is 237 g/mol. The Balaban J connectivity index is 2.54. The summed E-state index contributed by atoms with van der Waals surface area (Å²) in [6.45, 7) is 0. The van der Waals surface area contributed by atoms with Crippen LogP contribution in [0.25, 0.3) is 0 Å². The third-order valence-corrected chi connectivity index (χ3v) is 2.60. The number of aryl methyl sites for hydroxylation is 1. The molecule has 5 nitrogen and oxygen atoms in total. The van der Waals surface area contributed by atoms with E-state index in [9.17, 15) is 9.18 Å². The first kappa shape index (κ1) is 12.1. The van der Waals surface area contributed by atoms with Gasteiger partial charge >= 0.3 is 0 Å². The van der Waals surface area contributed by atoms with Crippen molar-refractivity contribution in [3.8, 4) is 5.75 Å². The fourth-order valence-corrected chi connectivity index (χ4v) is 1.68. The molecule has 2 N–H and O–H groups in total. The number of nitrogens with zero attached hydrogens (tertiary/aromatic N) is 2. The van der Waals surface area contributed by atoms with Crippen LogP contribution in [0.2, 0.25) is 0 Å². The van der Waals surface area contributed by atoms with Gasteiger partial charge in [-0.2, -0.15) is 5.10 Å². The molecule has 0 aliphatic carbocycles. The lowest BCUT2D eigenvalue weighted by molar-refractivity contribution is 0.102. The van der Waals surface area contributed by atoms with Gasteiger partial charge < -0.3 is 10.5 Å². The van der Waals surface area contributed by atoms with Gasteiger partial charge in [0.2, 0.25) is 5.78 Å². The first-order valence-corrected chi connectivity index (χ1v) is 5.20. The highest BCUT2D eigenvalue weighted by atomic mass is 19.1. The third-order valence-electron chi connectivity index (χ3n) is 2.60. The fraction of sp³-hybridized carbons (Fsp3) is 0.167. The van der Waals surface area contributed by atoms with Crippen LogP contribution < -0.4 is 10.5 Å². The van der Waals surface area contributed by atoms with Gasteiger partial charge in [-0.15, -0.1) is 0 Å². The van der Waals surface area contributed by atoms with Gasteiger partial charge in [-0.3, -0.25) is 9.48 Å². The zero-order valence-corrected chi connectivity index (χ0v) is 9.98. The van der Waals surface area contributed by atoms with Crippen molar-refractivity contribution in [1.29, 1.82) is 0 Å². The Kier molecular flexibility index (Phi) is 3.01. The molecule has 2 aromatic rings. The molecule has 0 spiro atoms. The van der Waals surface area contributed by atoms with Gasteiger partial charge in [0.1, 0.15) is 5.82 Å². The lowest BCUT2D eigenvalue weighted by Gasteiger charge is -2.07. The van der Waals surface area contributed by atoms with E-state index >= 15 is 0 Å². The van der Waals surface area contributed by atoms with E-state index in [1.165, 1.54) is 30.1 Å². The average molecular weight is 249 g/mol. The van der Waals surface area contributed by atoms with Crippen LogP contribution in [-0.4, -0.2) is 22.7 Å². The number of nitrogen functional groups attached to an aromatic ring is 1. The molecule has 1 heterocycles. The highest BCUT2D eigenvalue weighted by Gasteiger charge is 2.21. The van der Waals surface area contributed by atoms with Crippen LogP contribution in [0.5, 0.6) is 5.75 Å². The largest absolute Gasteiger partial charge is 0.493 e. The lowest BCUT2D eigenvalue weighted by atomic mass is 10.1. The number of hydrogen-bond donors (Lipinski definition) is 1. The van der Waals surface area contributed by atoms with Crippen molar-refractivity contribution in [1.82, 2.24) is 9.78 Å². The van der Waals surface area contributed by atoms with Gasteiger partial charge in [0.15, 0.2) is 11.4 Å². The molecule has 6 heteroatoms. The standard InChI is InChI=1S/C12H12FN3O2/c1-16-11(10(18-2)6-15-16)12(17)8-5-7(13)3-4-9(8)14/h3-6H,14H2,1-2H3. The number of ketones is 1. The van der Waals surface area contributed by atoms with Gasteiger partial charge in [-0.25, -0.2) is 4.39 Å². The number of methoxy groups -OCH3 is 1. The number of ether oxygens (including phenoxy) is 1. The van der Waals surface area contributed by atoms with Crippen molar-refractivity contribution >= 4 is 11.5 Å². The molecule has 0 atom stereocenters. The average Bonchev–Trinajstić information content (AvgIpc) is 2.72. The molecule has 0 saturated heterocycles. The summed E-state index contributed by atoms with van der Waals surface area (Å²) in [7, 11) is 3.04. The molecule has 0 saturated carbocycles. The second-order valence-electron chi connectivity index (χ2n) is 3.75. The van der Waals surface area contributed by atoms with Gasteiger partial charge in [0.05, 0.1) is 18.9 Å². The minimum atomic E-state index is -0.520. The normalized spacial score (nSPS) is 10.4. The maximum Gasteiger partial charge on any atom is 0.217 e. The first-order chi connectivity index (χ1) is 8.54. The first-order valence-electron chi connectivity index (χ1n) is 5.20. The topological polar surface area (TPSA) is 70.1 Å². The summed E-state index contributed by atoms with van der Waals surface area (Å²) in [4.78, 5) is 12.3. The van der Waals surface area contributed by atoms with Crippen LogP contribution in [0.4, 0.5) is 10.1 Å². The number of nitrogens with two attached hydrogens (primary N) is 1. The summed E-state index contributed by atoms with van der Waals surface area (Å²) in [6.07, 6.45) is 1.42. The summed E-state index contributed by atoms with van der Waals surface area (Å²) in [5, 5.41) is 3.92. The van der Waals surface area contributed by atoms with Crippen LogP contribution >= 0.6 is 0 Å².